The highest BCUT2D eigenvalue weighted by atomic mass is 19.1. The van der Waals surface area contributed by atoms with Crippen molar-refractivity contribution in [1.82, 2.24) is 0 Å². The van der Waals surface area contributed by atoms with E-state index in [9.17, 15) is 4.39 Å². The van der Waals surface area contributed by atoms with Crippen LogP contribution >= 0.6 is 0 Å². The van der Waals surface area contributed by atoms with Crippen LogP contribution in [0, 0.1) is 12.7 Å². The van der Waals surface area contributed by atoms with E-state index in [-0.39, 0.29) is 5.82 Å². The zero-order valence-electron chi connectivity index (χ0n) is 8.80. The van der Waals surface area contributed by atoms with Crippen LogP contribution in [0.3, 0.4) is 0 Å². The van der Waals surface area contributed by atoms with E-state index in [4.69, 9.17) is 10.5 Å². The molecular weight excluding hydrogens is 181 g/mol. The quantitative estimate of drug-likeness (QED) is 0.806. The maximum Gasteiger partial charge on any atom is 0.126 e. The molecule has 0 aliphatic rings. The average Bonchev–Trinajstić information content (AvgIpc) is 2.11. The monoisotopic (exact) mass is 197 g/mol. The van der Waals surface area contributed by atoms with E-state index in [1.54, 1.807) is 6.07 Å². The van der Waals surface area contributed by atoms with Crippen molar-refractivity contribution in [2.45, 2.75) is 26.4 Å². The molecule has 0 spiro atoms. The molecule has 0 atom stereocenters. The Bertz CT molecular complexity index is 323. The molecule has 1 aromatic rings. The summed E-state index contributed by atoms with van der Waals surface area (Å²) >= 11 is 0. The molecule has 0 aliphatic carbocycles. The second-order valence-corrected chi connectivity index (χ2v) is 3.98. The molecule has 1 rings (SSSR count). The van der Waals surface area contributed by atoms with Crippen molar-refractivity contribution >= 4 is 0 Å². The van der Waals surface area contributed by atoms with Crippen molar-refractivity contribution in [3.8, 4) is 5.75 Å². The van der Waals surface area contributed by atoms with E-state index in [0.29, 0.717) is 12.3 Å². The lowest BCUT2D eigenvalue weighted by Crippen LogP contribution is -2.37. The SMILES string of the molecule is Cc1ccc(F)cc1OC(C)(C)CN. The van der Waals surface area contributed by atoms with Gasteiger partial charge in [-0.2, -0.15) is 0 Å². The second kappa shape index (κ2) is 3.96. The molecule has 0 radical (unpaired) electrons. The number of rotatable bonds is 3. The highest BCUT2D eigenvalue weighted by Crippen LogP contribution is 2.23. The standard InChI is InChI=1S/C11H16FNO/c1-8-4-5-9(12)6-10(8)14-11(2,3)7-13/h4-6H,7,13H2,1-3H3. The van der Waals surface area contributed by atoms with Crippen LogP contribution in [0.1, 0.15) is 19.4 Å². The molecule has 78 valence electrons. The largest absolute Gasteiger partial charge is 0.486 e. The summed E-state index contributed by atoms with van der Waals surface area (Å²) in [5.41, 5.74) is 5.97. The van der Waals surface area contributed by atoms with E-state index in [1.165, 1.54) is 12.1 Å². The average molecular weight is 197 g/mol. The summed E-state index contributed by atoms with van der Waals surface area (Å²) in [4.78, 5) is 0. The molecule has 0 fully saturated rings. The number of benzene rings is 1. The first-order chi connectivity index (χ1) is 6.44. The van der Waals surface area contributed by atoms with Gasteiger partial charge in [-0.05, 0) is 32.4 Å². The third-order valence-corrected chi connectivity index (χ3v) is 2.03. The van der Waals surface area contributed by atoms with Gasteiger partial charge in [-0.1, -0.05) is 6.07 Å². The Kier molecular flexibility index (Phi) is 3.11. The fourth-order valence-electron chi connectivity index (χ4n) is 1.02. The number of hydrogen-bond donors (Lipinski definition) is 1. The van der Waals surface area contributed by atoms with Crippen LogP contribution in [0.5, 0.6) is 5.75 Å². The van der Waals surface area contributed by atoms with Gasteiger partial charge in [-0.15, -0.1) is 0 Å². The predicted molar refractivity (Wildman–Crippen MR) is 54.9 cm³/mol. The molecule has 2 N–H and O–H groups in total. The molecule has 0 aromatic heterocycles. The van der Waals surface area contributed by atoms with Gasteiger partial charge in [0.1, 0.15) is 17.2 Å². The Balaban J connectivity index is 2.91. The van der Waals surface area contributed by atoms with Gasteiger partial charge in [0.15, 0.2) is 0 Å². The lowest BCUT2D eigenvalue weighted by Gasteiger charge is -2.25. The zero-order valence-corrected chi connectivity index (χ0v) is 8.80. The van der Waals surface area contributed by atoms with Crippen LogP contribution in [-0.4, -0.2) is 12.1 Å². The highest BCUT2D eigenvalue weighted by molar-refractivity contribution is 5.33. The Labute approximate surface area is 83.9 Å². The first kappa shape index (κ1) is 11.0. The summed E-state index contributed by atoms with van der Waals surface area (Å²) in [5.74, 6) is 0.263. The maximum absolute atomic E-state index is 12.9. The minimum atomic E-state index is -0.460. The first-order valence-electron chi connectivity index (χ1n) is 4.60. The van der Waals surface area contributed by atoms with Crippen molar-refractivity contribution in [2.75, 3.05) is 6.54 Å². The third kappa shape index (κ3) is 2.70. The number of nitrogens with two attached hydrogens (primary N) is 1. The molecule has 0 aliphatic heterocycles. The van der Waals surface area contributed by atoms with Crippen molar-refractivity contribution in [3.63, 3.8) is 0 Å². The van der Waals surface area contributed by atoms with Crippen molar-refractivity contribution in [3.05, 3.63) is 29.6 Å². The molecule has 0 saturated heterocycles. The van der Waals surface area contributed by atoms with Crippen molar-refractivity contribution in [2.24, 2.45) is 5.73 Å². The van der Waals surface area contributed by atoms with Crippen LogP contribution in [-0.2, 0) is 0 Å². The Morgan fingerprint density at radius 1 is 1.43 bits per heavy atom. The number of hydrogen-bond acceptors (Lipinski definition) is 2. The number of aryl methyl sites for hydroxylation is 1. The van der Waals surface area contributed by atoms with E-state index in [1.807, 2.05) is 20.8 Å². The minimum absolute atomic E-state index is 0.293. The summed E-state index contributed by atoms with van der Waals surface area (Å²) in [6.07, 6.45) is 0. The fourth-order valence-corrected chi connectivity index (χ4v) is 1.02. The van der Waals surface area contributed by atoms with Gasteiger partial charge in [0.2, 0.25) is 0 Å². The van der Waals surface area contributed by atoms with E-state index < -0.39 is 5.60 Å². The number of ether oxygens (including phenoxy) is 1. The molecular formula is C11H16FNO. The molecule has 14 heavy (non-hydrogen) atoms. The lowest BCUT2D eigenvalue weighted by atomic mass is 10.1. The summed E-state index contributed by atoms with van der Waals surface area (Å²) in [5, 5.41) is 0. The lowest BCUT2D eigenvalue weighted by molar-refractivity contribution is 0.117. The summed E-state index contributed by atoms with van der Waals surface area (Å²) in [6, 6.07) is 4.49. The molecule has 0 bridgehead atoms. The van der Waals surface area contributed by atoms with Gasteiger partial charge in [-0.25, -0.2) is 4.39 Å². The van der Waals surface area contributed by atoms with Crippen molar-refractivity contribution < 1.29 is 9.13 Å². The molecule has 0 unspecified atom stereocenters. The first-order valence-corrected chi connectivity index (χ1v) is 4.60. The summed E-state index contributed by atoms with van der Waals surface area (Å²) in [7, 11) is 0. The van der Waals surface area contributed by atoms with E-state index in [2.05, 4.69) is 0 Å². The van der Waals surface area contributed by atoms with Gasteiger partial charge in [0.05, 0.1) is 0 Å². The van der Waals surface area contributed by atoms with Crippen LogP contribution in [0.15, 0.2) is 18.2 Å². The Morgan fingerprint density at radius 2 is 2.07 bits per heavy atom. The topological polar surface area (TPSA) is 35.2 Å². The van der Waals surface area contributed by atoms with Crippen LogP contribution in [0.4, 0.5) is 4.39 Å². The van der Waals surface area contributed by atoms with Crippen LogP contribution in [0.2, 0.25) is 0 Å². The van der Waals surface area contributed by atoms with Crippen LogP contribution < -0.4 is 10.5 Å². The normalized spacial score (nSPS) is 11.5. The summed E-state index contributed by atoms with van der Waals surface area (Å²) < 4.78 is 18.5. The van der Waals surface area contributed by atoms with Crippen molar-refractivity contribution in [1.29, 1.82) is 0 Å². The molecule has 2 nitrogen and oxygen atoms in total. The molecule has 0 saturated carbocycles. The predicted octanol–water partition coefficient (Wildman–Crippen LogP) is 2.25. The van der Waals surface area contributed by atoms with Gasteiger partial charge < -0.3 is 10.5 Å². The molecule has 3 heteroatoms. The maximum atomic E-state index is 12.9. The second-order valence-electron chi connectivity index (χ2n) is 3.98. The smallest absolute Gasteiger partial charge is 0.126 e. The Morgan fingerprint density at radius 3 is 2.64 bits per heavy atom. The van der Waals surface area contributed by atoms with Crippen LogP contribution in [0.25, 0.3) is 0 Å². The number of halogens is 1. The highest BCUT2D eigenvalue weighted by Gasteiger charge is 2.18. The minimum Gasteiger partial charge on any atom is -0.486 e. The van der Waals surface area contributed by atoms with E-state index >= 15 is 0 Å². The van der Waals surface area contributed by atoms with E-state index in [0.717, 1.165) is 5.56 Å². The zero-order chi connectivity index (χ0) is 10.8. The fraction of sp³-hybridized carbons (Fsp3) is 0.455. The van der Waals surface area contributed by atoms with Gasteiger partial charge in [-0.3, -0.25) is 0 Å². The van der Waals surface area contributed by atoms with Gasteiger partial charge >= 0.3 is 0 Å². The third-order valence-electron chi connectivity index (χ3n) is 2.03. The molecule has 1 aromatic carbocycles. The molecule has 0 amide bonds. The van der Waals surface area contributed by atoms with Gasteiger partial charge in [0, 0.05) is 12.6 Å². The molecule has 0 heterocycles. The summed E-state index contributed by atoms with van der Waals surface area (Å²) in [6.45, 7) is 6.01. The van der Waals surface area contributed by atoms with Gasteiger partial charge in [0.25, 0.3) is 0 Å². The Hall–Kier alpha value is -1.09.